The monoisotopic (exact) mass is 311 g/mol. The molecule has 0 unspecified atom stereocenters. The molecule has 0 atom stereocenters. The highest BCUT2D eigenvalue weighted by Crippen LogP contribution is 2.16. The van der Waals surface area contributed by atoms with Gasteiger partial charge in [0.2, 0.25) is 0 Å². The average Bonchev–Trinajstić information content (AvgIpc) is 2.71. The van der Waals surface area contributed by atoms with Gasteiger partial charge in [0.1, 0.15) is 0 Å². The van der Waals surface area contributed by atoms with Crippen molar-refractivity contribution in [2.24, 2.45) is 14.1 Å². The first-order valence-electron chi connectivity index (χ1n) is 5.82. The Hall–Kier alpha value is -1.14. The predicted molar refractivity (Wildman–Crippen MR) is 74.0 cm³/mol. The molecule has 5 nitrogen and oxygen atoms in total. The van der Waals surface area contributed by atoms with Gasteiger partial charge in [-0.15, -0.1) is 0 Å². The van der Waals surface area contributed by atoms with Crippen molar-refractivity contribution < 1.29 is 0 Å². The van der Waals surface area contributed by atoms with Crippen LogP contribution >= 0.6 is 15.9 Å². The number of aromatic nitrogens is 4. The Morgan fingerprint density at radius 3 is 2.50 bits per heavy atom. The molecule has 98 valence electrons. The topological polar surface area (TPSA) is 38.9 Å². The molecule has 0 saturated heterocycles. The van der Waals surface area contributed by atoms with Crippen molar-refractivity contribution in [3.05, 3.63) is 33.8 Å². The number of aryl methyl sites for hydroxylation is 3. The number of nitrogens with zero attached hydrogens (tertiary/aromatic N) is 5. The van der Waals surface area contributed by atoms with Gasteiger partial charge in [0.05, 0.1) is 21.6 Å². The zero-order valence-electron chi connectivity index (χ0n) is 11.2. The fourth-order valence-corrected chi connectivity index (χ4v) is 2.51. The first-order valence-corrected chi connectivity index (χ1v) is 6.61. The van der Waals surface area contributed by atoms with Crippen molar-refractivity contribution >= 4 is 15.9 Å². The summed E-state index contributed by atoms with van der Waals surface area (Å²) in [6, 6.07) is 2.12. The standard InChI is InChI=1S/C12H18BrN5/c1-9-5-10(18(4)14-9)6-16(2)8-12-11(13)7-17(3)15-12/h5,7H,6,8H2,1-4H3. The van der Waals surface area contributed by atoms with E-state index in [-0.39, 0.29) is 0 Å². The Morgan fingerprint density at radius 1 is 1.28 bits per heavy atom. The summed E-state index contributed by atoms with van der Waals surface area (Å²) < 4.78 is 4.80. The molecule has 0 aromatic carbocycles. The van der Waals surface area contributed by atoms with Crippen molar-refractivity contribution in [1.29, 1.82) is 0 Å². The summed E-state index contributed by atoms with van der Waals surface area (Å²) in [4.78, 5) is 2.23. The van der Waals surface area contributed by atoms with Crippen LogP contribution in [0.1, 0.15) is 17.1 Å². The van der Waals surface area contributed by atoms with E-state index in [4.69, 9.17) is 0 Å². The van der Waals surface area contributed by atoms with E-state index < -0.39 is 0 Å². The smallest absolute Gasteiger partial charge is 0.0906 e. The van der Waals surface area contributed by atoms with Crippen LogP contribution in [-0.4, -0.2) is 31.5 Å². The highest BCUT2D eigenvalue weighted by Gasteiger charge is 2.10. The summed E-state index contributed by atoms with van der Waals surface area (Å²) in [5.74, 6) is 0. The molecule has 0 aliphatic heterocycles. The van der Waals surface area contributed by atoms with Crippen molar-refractivity contribution in [1.82, 2.24) is 24.5 Å². The molecule has 0 spiro atoms. The molecule has 0 amide bonds. The lowest BCUT2D eigenvalue weighted by molar-refractivity contribution is 0.304. The van der Waals surface area contributed by atoms with Crippen LogP contribution in [0.3, 0.4) is 0 Å². The summed E-state index contributed by atoms with van der Waals surface area (Å²) in [5.41, 5.74) is 3.32. The van der Waals surface area contributed by atoms with Gasteiger partial charge in [0, 0.05) is 33.4 Å². The van der Waals surface area contributed by atoms with Crippen LogP contribution in [0, 0.1) is 6.92 Å². The van der Waals surface area contributed by atoms with Crippen LogP contribution in [0.25, 0.3) is 0 Å². The van der Waals surface area contributed by atoms with Gasteiger partial charge in [-0.2, -0.15) is 10.2 Å². The normalized spacial score (nSPS) is 11.4. The maximum atomic E-state index is 4.43. The van der Waals surface area contributed by atoms with Gasteiger partial charge in [-0.05, 0) is 36.0 Å². The third kappa shape index (κ3) is 3.00. The van der Waals surface area contributed by atoms with E-state index in [9.17, 15) is 0 Å². The summed E-state index contributed by atoms with van der Waals surface area (Å²) in [6.45, 7) is 3.69. The molecule has 0 saturated carbocycles. The minimum atomic E-state index is 0.811. The minimum Gasteiger partial charge on any atom is -0.295 e. The van der Waals surface area contributed by atoms with E-state index in [0.29, 0.717) is 0 Å². The second-order valence-electron chi connectivity index (χ2n) is 4.67. The highest BCUT2D eigenvalue weighted by molar-refractivity contribution is 9.10. The second kappa shape index (κ2) is 5.24. The van der Waals surface area contributed by atoms with Gasteiger partial charge in [-0.1, -0.05) is 0 Å². The number of rotatable bonds is 4. The quantitative estimate of drug-likeness (QED) is 0.865. The molecule has 2 heterocycles. The fraction of sp³-hybridized carbons (Fsp3) is 0.500. The largest absolute Gasteiger partial charge is 0.295 e. The number of hydrogen-bond acceptors (Lipinski definition) is 3. The van der Waals surface area contributed by atoms with Crippen molar-refractivity contribution in [3.63, 3.8) is 0 Å². The van der Waals surface area contributed by atoms with Crippen LogP contribution in [0.4, 0.5) is 0 Å². The van der Waals surface area contributed by atoms with E-state index in [1.165, 1.54) is 5.69 Å². The van der Waals surface area contributed by atoms with Gasteiger partial charge < -0.3 is 0 Å². The highest BCUT2D eigenvalue weighted by atomic mass is 79.9. The first-order chi connectivity index (χ1) is 8.45. The summed E-state index contributed by atoms with van der Waals surface area (Å²) >= 11 is 3.52. The van der Waals surface area contributed by atoms with E-state index in [2.05, 4.69) is 44.1 Å². The van der Waals surface area contributed by atoms with Gasteiger partial charge in [0.15, 0.2) is 0 Å². The molecule has 18 heavy (non-hydrogen) atoms. The Labute approximate surface area is 116 Å². The molecular weight excluding hydrogens is 294 g/mol. The molecule has 0 aliphatic rings. The molecule has 0 fully saturated rings. The van der Waals surface area contributed by atoms with Crippen LogP contribution < -0.4 is 0 Å². The van der Waals surface area contributed by atoms with Crippen molar-refractivity contribution in [3.8, 4) is 0 Å². The summed E-state index contributed by atoms with van der Waals surface area (Å²) in [7, 11) is 6.00. The molecule has 2 rings (SSSR count). The summed E-state index contributed by atoms with van der Waals surface area (Å²) in [6.07, 6.45) is 1.97. The third-order valence-corrected chi connectivity index (χ3v) is 3.47. The maximum absolute atomic E-state index is 4.43. The van der Waals surface area contributed by atoms with Crippen LogP contribution in [-0.2, 0) is 27.2 Å². The summed E-state index contributed by atoms with van der Waals surface area (Å²) in [5, 5.41) is 8.78. The van der Waals surface area contributed by atoms with Crippen LogP contribution in [0.15, 0.2) is 16.7 Å². The minimum absolute atomic E-state index is 0.811. The molecular formula is C12H18BrN5. The first kappa shape index (κ1) is 13.3. The van der Waals surface area contributed by atoms with E-state index >= 15 is 0 Å². The van der Waals surface area contributed by atoms with E-state index in [1.54, 1.807) is 0 Å². The molecule has 0 radical (unpaired) electrons. The molecule has 6 heteroatoms. The molecule has 0 bridgehead atoms. The lowest BCUT2D eigenvalue weighted by atomic mass is 10.3. The van der Waals surface area contributed by atoms with Crippen LogP contribution in [0.2, 0.25) is 0 Å². The second-order valence-corrected chi connectivity index (χ2v) is 5.52. The lowest BCUT2D eigenvalue weighted by Gasteiger charge is -2.15. The van der Waals surface area contributed by atoms with Crippen molar-refractivity contribution in [2.75, 3.05) is 7.05 Å². The molecule has 2 aromatic rings. The number of hydrogen-bond donors (Lipinski definition) is 0. The Bertz CT molecular complexity index is 494. The van der Waals surface area contributed by atoms with Crippen molar-refractivity contribution in [2.45, 2.75) is 20.0 Å². The van der Waals surface area contributed by atoms with Crippen LogP contribution in [0.5, 0.6) is 0 Å². The van der Waals surface area contributed by atoms with Gasteiger partial charge in [0.25, 0.3) is 0 Å². The SMILES string of the molecule is Cc1cc(CN(C)Cc2nn(C)cc2Br)n(C)n1. The lowest BCUT2D eigenvalue weighted by Crippen LogP contribution is -2.19. The third-order valence-electron chi connectivity index (χ3n) is 2.80. The predicted octanol–water partition coefficient (Wildman–Crippen LogP) is 1.86. The Kier molecular flexibility index (Phi) is 3.87. The zero-order valence-corrected chi connectivity index (χ0v) is 12.8. The van der Waals surface area contributed by atoms with Gasteiger partial charge >= 0.3 is 0 Å². The Balaban J connectivity index is 2.03. The maximum Gasteiger partial charge on any atom is 0.0906 e. The Morgan fingerprint density at radius 2 is 2.00 bits per heavy atom. The molecule has 2 aromatic heterocycles. The molecule has 0 aliphatic carbocycles. The van der Waals surface area contributed by atoms with Gasteiger partial charge in [-0.3, -0.25) is 14.3 Å². The zero-order chi connectivity index (χ0) is 13.3. The average molecular weight is 312 g/mol. The van der Waals surface area contributed by atoms with E-state index in [1.807, 2.05) is 36.6 Å². The molecule has 0 N–H and O–H groups in total. The van der Waals surface area contributed by atoms with Gasteiger partial charge in [-0.25, -0.2) is 0 Å². The van der Waals surface area contributed by atoms with E-state index in [0.717, 1.165) is 29.0 Å². The fourth-order valence-electron chi connectivity index (χ4n) is 2.01. The number of halogens is 1.